The topological polar surface area (TPSA) is 37.3 Å². The Hall–Kier alpha value is -0.570. The zero-order chi connectivity index (χ0) is 8.10. The van der Waals surface area contributed by atoms with Crippen LogP contribution in [-0.4, -0.2) is 10.9 Å². The number of aliphatic hydroxyl groups is 1. The van der Waals surface area contributed by atoms with Crippen molar-refractivity contribution in [3.05, 3.63) is 48.2 Å². The number of ketones is 1. The molecule has 0 aliphatic rings. The fourth-order valence-corrected chi connectivity index (χ4v) is 0.766. The summed E-state index contributed by atoms with van der Waals surface area (Å²) in [5.41, 5.74) is 0.581. The van der Waals surface area contributed by atoms with Crippen molar-refractivity contribution in [1.82, 2.24) is 0 Å². The third kappa shape index (κ3) is 3.22. The molecule has 1 rings (SSSR count). The number of hydrogen-bond donors (Lipinski definition) is 1. The first-order chi connectivity index (χ1) is 5.34. The van der Waals surface area contributed by atoms with Crippen LogP contribution in [0.4, 0.5) is 0 Å². The van der Waals surface area contributed by atoms with Crippen LogP contribution in [0.25, 0.3) is 0 Å². The van der Waals surface area contributed by atoms with Crippen molar-refractivity contribution in [1.29, 1.82) is 0 Å². The maximum Gasteiger partial charge on any atom is 1.00 e. The Morgan fingerprint density at radius 1 is 1.33 bits per heavy atom. The van der Waals surface area contributed by atoms with Crippen molar-refractivity contribution >= 4 is 5.78 Å². The number of carbonyl (C=O) groups excluding carboxylic acids is 1. The van der Waals surface area contributed by atoms with Crippen molar-refractivity contribution in [2.45, 2.75) is 0 Å². The molecule has 0 saturated carbocycles. The van der Waals surface area contributed by atoms with Gasteiger partial charge in [0.2, 0.25) is 0 Å². The predicted molar refractivity (Wildman–Crippen MR) is 43.7 cm³/mol. The van der Waals surface area contributed by atoms with Gasteiger partial charge in [0, 0.05) is 11.6 Å². The smallest absolute Gasteiger partial charge is 1.00 e. The van der Waals surface area contributed by atoms with Gasteiger partial charge in [-0.05, 0) is 0 Å². The molecule has 0 spiro atoms. The second-order valence-electron chi connectivity index (χ2n) is 2.05. The summed E-state index contributed by atoms with van der Waals surface area (Å²) >= 11 is 0. The van der Waals surface area contributed by atoms with Gasteiger partial charge in [0.05, 0.1) is 6.26 Å². The van der Waals surface area contributed by atoms with Gasteiger partial charge in [-0.25, -0.2) is 0 Å². The number of benzene rings is 1. The van der Waals surface area contributed by atoms with E-state index in [2.05, 4.69) is 0 Å². The average Bonchev–Trinajstić information content (AvgIpc) is 2.07. The van der Waals surface area contributed by atoms with Gasteiger partial charge in [0.25, 0.3) is 0 Å². The van der Waals surface area contributed by atoms with E-state index in [9.17, 15) is 4.79 Å². The molecule has 2 nitrogen and oxygen atoms in total. The number of hydrogen-bond acceptors (Lipinski definition) is 2. The molecule has 0 fully saturated rings. The van der Waals surface area contributed by atoms with Crippen LogP contribution in [0.5, 0.6) is 0 Å². The van der Waals surface area contributed by atoms with Crippen molar-refractivity contribution < 1.29 is 40.9 Å². The summed E-state index contributed by atoms with van der Waals surface area (Å²) in [6.07, 6.45) is 1.87. The summed E-state index contributed by atoms with van der Waals surface area (Å²) in [7, 11) is 0. The SMILES string of the molecule is O=C(C=CO)c1ccccc1.[H-].[Na+]. The Balaban J connectivity index is 0. The Bertz CT molecular complexity index is 272. The minimum atomic E-state index is -0.187. The van der Waals surface area contributed by atoms with Gasteiger partial charge in [0.1, 0.15) is 0 Å². The van der Waals surface area contributed by atoms with Gasteiger partial charge in [-0.15, -0.1) is 0 Å². The molecule has 12 heavy (non-hydrogen) atoms. The van der Waals surface area contributed by atoms with Gasteiger partial charge < -0.3 is 6.53 Å². The van der Waals surface area contributed by atoms with Gasteiger partial charge in [-0.1, -0.05) is 30.3 Å². The number of carbonyl (C=O) groups is 1. The number of allylic oxidation sites excluding steroid dienone is 1. The van der Waals surface area contributed by atoms with Crippen LogP contribution in [0, 0.1) is 0 Å². The minimum absolute atomic E-state index is 0. The van der Waals surface area contributed by atoms with Gasteiger partial charge in [-0.3, -0.25) is 4.79 Å². The Morgan fingerprint density at radius 3 is 2.42 bits per heavy atom. The molecule has 1 aromatic carbocycles. The zero-order valence-corrected chi connectivity index (χ0v) is 8.90. The predicted octanol–water partition coefficient (Wildman–Crippen LogP) is -0.942. The molecule has 0 aromatic heterocycles. The molecule has 0 atom stereocenters. The first-order valence-corrected chi connectivity index (χ1v) is 3.25. The van der Waals surface area contributed by atoms with Crippen LogP contribution >= 0.6 is 0 Å². The summed E-state index contributed by atoms with van der Waals surface area (Å²) in [5, 5.41) is 8.30. The molecule has 0 radical (unpaired) electrons. The monoisotopic (exact) mass is 172 g/mol. The fraction of sp³-hybridized carbons (Fsp3) is 0. The van der Waals surface area contributed by atoms with Crippen LogP contribution in [0.3, 0.4) is 0 Å². The van der Waals surface area contributed by atoms with E-state index < -0.39 is 0 Å². The van der Waals surface area contributed by atoms with Crippen molar-refractivity contribution in [3.8, 4) is 0 Å². The van der Waals surface area contributed by atoms with E-state index in [1.165, 1.54) is 0 Å². The van der Waals surface area contributed by atoms with E-state index >= 15 is 0 Å². The molecule has 0 heterocycles. The van der Waals surface area contributed by atoms with Crippen LogP contribution in [0.1, 0.15) is 11.8 Å². The second kappa shape index (κ2) is 6.00. The zero-order valence-electron chi connectivity index (χ0n) is 7.90. The summed E-state index contributed by atoms with van der Waals surface area (Å²) in [6.45, 7) is 0. The summed E-state index contributed by atoms with van der Waals surface area (Å²) in [5.74, 6) is -0.187. The van der Waals surface area contributed by atoms with Crippen LogP contribution < -0.4 is 29.6 Å². The molecule has 1 aromatic rings. The van der Waals surface area contributed by atoms with E-state index in [1.807, 2.05) is 6.07 Å². The normalized spacial score (nSPS) is 9.33. The molecule has 0 aliphatic carbocycles. The third-order valence-corrected chi connectivity index (χ3v) is 1.28. The second-order valence-corrected chi connectivity index (χ2v) is 2.05. The fourth-order valence-electron chi connectivity index (χ4n) is 0.766. The number of aliphatic hydroxyl groups excluding tert-OH is 1. The van der Waals surface area contributed by atoms with Crippen molar-refractivity contribution in [2.75, 3.05) is 0 Å². The van der Waals surface area contributed by atoms with Crippen molar-refractivity contribution in [3.63, 3.8) is 0 Å². The molecular weight excluding hydrogens is 163 g/mol. The first kappa shape index (κ1) is 11.4. The Labute approximate surface area is 94.7 Å². The van der Waals surface area contributed by atoms with Gasteiger partial charge in [-0.2, -0.15) is 0 Å². The molecular formula is C9H9NaO2. The van der Waals surface area contributed by atoms with E-state index in [1.54, 1.807) is 24.3 Å². The Morgan fingerprint density at radius 2 is 1.92 bits per heavy atom. The molecule has 3 heteroatoms. The van der Waals surface area contributed by atoms with Crippen molar-refractivity contribution in [2.24, 2.45) is 0 Å². The minimum Gasteiger partial charge on any atom is -1.00 e. The Kier molecular flexibility index (Phi) is 5.72. The molecule has 0 bridgehead atoms. The maximum absolute atomic E-state index is 11.0. The van der Waals surface area contributed by atoms with Crippen LogP contribution in [0.15, 0.2) is 42.7 Å². The van der Waals surface area contributed by atoms with E-state index in [0.717, 1.165) is 12.3 Å². The summed E-state index contributed by atoms with van der Waals surface area (Å²) in [4.78, 5) is 11.0. The van der Waals surface area contributed by atoms with Gasteiger partial charge >= 0.3 is 29.6 Å². The quantitative estimate of drug-likeness (QED) is 0.270. The standard InChI is InChI=1S/C9H8O2.Na.H/c10-7-6-9(11)8-4-2-1-3-5-8;;/h1-7,10H;;/q;+1;-1. The van der Waals surface area contributed by atoms with Crippen LogP contribution in [0.2, 0.25) is 0 Å². The van der Waals surface area contributed by atoms with E-state index in [4.69, 9.17) is 5.11 Å². The summed E-state index contributed by atoms with van der Waals surface area (Å²) in [6, 6.07) is 8.78. The largest absolute Gasteiger partial charge is 1.00 e. The molecule has 0 aliphatic heterocycles. The van der Waals surface area contributed by atoms with Crippen LogP contribution in [-0.2, 0) is 0 Å². The van der Waals surface area contributed by atoms with E-state index in [0.29, 0.717) is 5.56 Å². The van der Waals surface area contributed by atoms with E-state index in [-0.39, 0.29) is 36.8 Å². The molecule has 0 saturated heterocycles. The molecule has 0 unspecified atom stereocenters. The molecule has 1 N–H and O–H groups in total. The maximum atomic E-state index is 11.0. The first-order valence-electron chi connectivity index (χ1n) is 3.25. The third-order valence-electron chi connectivity index (χ3n) is 1.28. The molecule has 0 amide bonds. The average molecular weight is 172 g/mol. The van der Waals surface area contributed by atoms with Gasteiger partial charge in [0.15, 0.2) is 5.78 Å². The number of rotatable bonds is 2. The summed E-state index contributed by atoms with van der Waals surface area (Å²) < 4.78 is 0. The molecule has 58 valence electrons.